The Morgan fingerprint density at radius 3 is 3.00 bits per heavy atom. The number of thiophene rings is 1. The number of hydrogen-bond acceptors (Lipinski definition) is 3. The van der Waals surface area contributed by atoms with Crippen LogP contribution in [0.15, 0.2) is 41.8 Å². The molecule has 1 aliphatic heterocycles. The molecule has 0 saturated heterocycles. The lowest BCUT2D eigenvalue weighted by Gasteiger charge is -2.26. The fourth-order valence-electron chi connectivity index (χ4n) is 2.64. The average molecular weight is 286 g/mol. The molecular weight excluding hydrogens is 268 g/mol. The third-order valence-electron chi connectivity index (χ3n) is 3.79. The van der Waals surface area contributed by atoms with Crippen LogP contribution in [-0.4, -0.2) is 18.5 Å². The van der Waals surface area contributed by atoms with Crippen LogP contribution in [0.1, 0.15) is 17.4 Å². The molecule has 1 N–H and O–H groups in total. The van der Waals surface area contributed by atoms with E-state index in [9.17, 15) is 4.79 Å². The predicted molar refractivity (Wildman–Crippen MR) is 83.1 cm³/mol. The number of rotatable bonds is 4. The van der Waals surface area contributed by atoms with E-state index in [1.165, 1.54) is 16.1 Å². The Bertz CT molecular complexity index is 594. The molecule has 2 heterocycles. The SMILES string of the molecule is C[C@@H](C(=O)NCc1cccs1)N1CCc2ccccc21. The van der Waals surface area contributed by atoms with Crippen molar-refractivity contribution < 1.29 is 4.79 Å². The number of hydrogen-bond donors (Lipinski definition) is 1. The molecule has 1 aliphatic rings. The zero-order chi connectivity index (χ0) is 13.9. The molecule has 3 nitrogen and oxygen atoms in total. The van der Waals surface area contributed by atoms with Gasteiger partial charge in [0.2, 0.25) is 5.91 Å². The molecule has 0 fully saturated rings. The van der Waals surface area contributed by atoms with Crippen LogP contribution in [0.2, 0.25) is 0 Å². The first kappa shape index (κ1) is 13.2. The molecule has 0 aliphatic carbocycles. The molecule has 0 radical (unpaired) electrons. The summed E-state index contributed by atoms with van der Waals surface area (Å²) < 4.78 is 0. The third-order valence-corrected chi connectivity index (χ3v) is 4.66. The summed E-state index contributed by atoms with van der Waals surface area (Å²) in [4.78, 5) is 15.7. The maximum absolute atomic E-state index is 12.3. The van der Waals surface area contributed by atoms with Crippen LogP contribution in [0.3, 0.4) is 0 Å². The van der Waals surface area contributed by atoms with Gasteiger partial charge in [-0.15, -0.1) is 11.3 Å². The summed E-state index contributed by atoms with van der Waals surface area (Å²) in [5.74, 6) is 0.0927. The number of amides is 1. The minimum absolute atomic E-state index is 0.0927. The van der Waals surface area contributed by atoms with Crippen molar-refractivity contribution in [2.24, 2.45) is 0 Å². The lowest BCUT2D eigenvalue weighted by Crippen LogP contribution is -2.44. The molecule has 1 aromatic heterocycles. The van der Waals surface area contributed by atoms with Crippen molar-refractivity contribution in [2.45, 2.75) is 25.9 Å². The second-order valence-electron chi connectivity index (χ2n) is 5.05. The van der Waals surface area contributed by atoms with Crippen LogP contribution in [0, 0.1) is 0 Å². The van der Waals surface area contributed by atoms with E-state index in [-0.39, 0.29) is 11.9 Å². The Hall–Kier alpha value is -1.81. The molecule has 1 atom stereocenters. The standard InChI is InChI=1S/C16H18N2OS/c1-12(16(19)17-11-14-6-4-10-20-14)18-9-8-13-5-2-3-7-15(13)18/h2-7,10,12H,8-9,11H2,1H3,(H,17,19)/t12-/m0/s1. The maximum Gasteiger partial charge on any atom is 0.242 e. The van der Waals surface area contributed by atoms with Crippen molar-refractivity contribution >= 4 is 22.9 Å². The Kier molecular flexibility index (Phi) is 3.74. The van der Waals surface area contributed by atoms with Gasteiger partial charge in [0.1, 0.15) is 6.04 Å². The highest BCUT2D eigenvalue weighted by Crippen LogP contribution is 2.29. The first-order chi connectivity index (χ1) is 9.75. The summed E-state index contributed by atoms with van der Waals surface area (Å²) >= 11 is 1.67. The maximum atomic E-state index is 12.3. The van der Waals surface area contributed by atoms with Crippen molar-refractivity contribution in [2.75, 3.05) is 11.4 Å². The van der Waals surface area contributed by atoms with Crippen LogP contribution >= 0.6 is 11.3 Å². The van der Waals surface area contributed by atoms with E-state index in [0.717, 1.165) is 13.0 Å². The molecule has 1 aromatic carbocycles. The van der Waals surface area contributed by atoms with E-state index in [0.29, 0.717) is 6.54 Å². The van der Waals surface area contributed by atoms with Gasteiger partial charge in [0, 0.05) is 17.1 Å². The summed E-state index contributed by atoms with van der Waals surface area (Å²) in [6.07, 6.45) is 1.03. The number of nitrogens with one attached hydrogen (secondary N) is 1. The lowest BCUT2D eigenvalue weighted by atomic mass is 10.1. The molecule has 0 bridgehead atoms. The zero-order valence-electron chi connectivity index (χ0n) is 11.5. The summed E-state index contributed by atoms with van der Waals surface area (Å²) in [6, 6.07) is 12.3. The van der Waals surface area contributed by atoms with E-state index < -0.39 is 0 Å². The fraction of sp³-hybridized carbons (Fsp3) is 0.312. The van der Waals surface area contributed by atoms with Crippen molar-refractivity contribution in [1.29, 1.82) is 0 Å². The van der Waals surface area contributed by atoms with Crippen molar-refractivity contribution in [3.8, 4) is 0 Å². The largest absolute Gasteiger partial charge is 0.359 e. The van der Waals surface area contributed by atoms with Crippen molar-refractivity contribution in [3.63, 3.8) is 0 Å². The number of nitrogens with zero attached hydrogens (tertiary/aromatic N) is 1. The van der Waals surface area contributed by atoms with Gasteiger partial charge in [-0.2, -0.15) is 0 Å². The smallest absolute Gasteiger partial charge is 0.242 e. The highest BCUT2D eigenvalue weighted by atomic mass is 32.1. The molecule has 0 unspecified atom stereocenters. The van der Waals surface area contributed by atoms with Gasteiger partial charge in [0.25, 0.3) is 0 Å². The van der Waals surface area contributed by atoms with Gasteiger partial charge in [0.15, 0.2) is 0 Å². The van der Waals surface area contributed by atoms with Gasteiger partial charge in [-0.05, 0) is 36.4 Å². The molecular formula is C16H18N2OS. The van der Waals surface area contributed by atoms with Crippen LogP contribution in [0.25, 0.3) is 0 Å². The highest BCUT2D eigenvalue weighted by Gasteiger charge is 2.27. The lowest BCUT2D eigenvalue weighted by molar-refractivity contribution is -0.122. The number of carbonyl (C=O) groups excluding carboxylic acids is 1. The normalized spacial score (nSPS) is 14.9. The van der Waals surface area contributed by atoms with Gasteiger partial charge in [-0.1, -0.05) is 24.3 Å². The second kappa shape index (κ2) is 5.67. The Morgan fingerprint density at radius 1 is 1.35 bits per heavy atom. The highest BCUT2D eigenvalue weighted by molar-refractivity contribution is 7.09. The number of fused-ring (bicyclic) bond motifs is 1. The molecule has 20 heavy (non-hydrogen) atoms. The average Bonchev–Trinajstić information content (AvgIpc) is 3.13. The minimum Gasteiger partial charge on any atom is -0.359 e. The number of benzene rings is 1. The van der Waals surface area contributed by atoms with E-state index in [2.05, 4.69) is 28.4 Å². The summed E-state index contributed by atoms with van der Waals surface area (Å²) in [5.41, 5.74) is 2.54. The van der Waals surface area contributed by atoms with Gasteiger partial charge < -0.3 is 10.2 Å². The van der Waals surface area contributed by atoms with Crippen LogP contribution in [-0.2, 0) is 17.8 Å². The Morgan fingerprint density at radius 2 is 2.20 bits per heavy atom. The van der Waals surface area contributed by atoms with E-state index in [4.69, 9.17) is 0 Å². The van der Waals surface area contributed by atoms with E-state index in [1.807, 2.05) is 30.5 Å². The Labute approximate surface area is 123 Å². The summed E-state index contributed by atoms with van der Waals surface area (Å²) in [6.45, 7) is 3.52. The van der Waals surface area contributed by atoms with E-state index >= 15 is 0 Å². The van der Waals surface area contributed by atoms with Crippen LogP contribution in [0.5, 0.6) is 0 Å². The number of anilines is 1. The predicted octanol–water partition coefficient (Wildman–Crippen LogP) is 2.82. The molecule has 3 rings (SSSR count). The van der Waals surface area contributed by atoms with Crippen molar-refractivity contribution in [3.05, 3.63) is 52.2 Å². The summed E-state index contributed by atoms with van der Waals surface area (Å²) in [7, 11) is 0. The van der Waals surface area contributed by atoms with Crippen LogP contribution < -0.4 is 10.2 Å². The monoisotopic (exact) mass is 286 g/mol. The fourth-order valence-corrected chi connectivity index (χ4v) is 3.29. The molecule has 0 saturated carbocycles. The van der Waals surface area contributed by atoms with Crippen molar-refractivity contribution in [1.82, 2.24) is 5.32 Å². The van der Waals surface area contributed by atoms with Gasteiger partial charge in [0.05, 0.1) is 6.54 Å². The van der Waals surface area contributed by atoms with Gasteiger partial charge in [-0.25, -0.2) is 0 Å². The quantitative estimate of drug-likeness (QED) is 0.937. The second-order valence-corrected chi connectivity index (χ2v) is 6.08. The first-order valence-corrected chi connectivity index (χ1v) is 7.78. The molecule has 104 valence electrons. The number of para-hydroxylation sites is 1. The molecule has 4 heteroatoms. The molecule has 2 aromatic rings. The number of carbonyl (C=O) groups is 1. The van der Waals surface area contributed by atoms with Gasteiger partial charge in [-0.3, -0.25) is 4.79 Å². The Balaban J connectivity index is 1.64. The minimum atomic E-state index is -0.126. The first-order valence-electron chi connectivity index (χ1n) is 6.90. The van der Waals surface area contributed by atoms with Gasteiger partial charge >= 0.3 is 0 Å². The summed E-state index contributed by atoms with van der Waals surface area (Å²) in [5, 5.41) is 5.05. The third kappa shape index (κ3) is 2.56. The molecule has 0 spiro atoms. The zero-order valence-corrected chi connectivity index (χ0v) is 12.3. The topological polar surface area (TPSA) is 32.3 Å². The van der Waals surface area contributed by atoms with Crippen LogP contribution in [0.4, 0.5) is 5.69 Å². The molecule has 1 amide bonds. The van der Waals surface area contributed by atoms with E-state index in [1.54, 1.807) is 11.3 Å².